The first-order chi connectivity index (χ1) is 8.97. The minimum Gasteiger partial charge on any atom is -0.477 e. The second-order valence-electron chi connectivity index (χ2n) is 3.72. The van der Waals surface area contributed by atoms with Crippen molar-refractivity contribution in [2.45, 2.75) is 17.0 Å². The summed E-state index contributed by atoms with van der Waals surface area (Å²) in [5.74, 6) is -0.643. The second-order valence-corrected chi connectivity index (χ2v) is 6.80. The van der Waals surface area contributed by atoms with E-state index < -0.39 is 5.97 Å². The largest absolute Gasteiger partial charge is 0.477 e. The third kappa shape index (κ3) is 3.55. The van der Waals surface area contributed by atoms with E-state index in [-0.39, 0.29) is 10.7 Å². The quantitative estimate of drug-likeness (QED) is 0.822. The fraction of sp³-hybridized carbons (Fsp3) is 0.167. The summed E-state index contributed by atoms with van der Waals surface area (Å²) < 4.78 is 14.3. The average Bonchev–Trinajstić information content (AvgIpc) is 2.69. The Morgan fingerprint density at radius 2 is 2.32 bits per heavy atom. The van der Waals surface area contributed by atoms with Gasteiger partial charge in [-0.05, 0) is 24.6 Å². The fourth-order valence-corrected chi connectivity index (χ4v) is 4.12. The van der Waals surface area contributed by atoms with Gasteiger partial charge in [-0.25, -0.2) is 14.2 Å². The predicted octanol–water partition coefficient (Wildman–Crippen LogP) is 4.34. The van der Waals surface area contributed by atoms with Crippen LogP contribution >= 0.6 is 39.0 Å². The molecule has 0 saturated heterocycles. The number of thiazole rings is 1. The summed E-state index contributed by atoms with van der Waals surface area (Å²) in [6.07, 6.45) is 0. The van der Waals surface area contributed by atoms with E-state index in [4.69, 9.17) is 5.11 Å². The molecule has 2 aromatic rings. The number of benzene rings is 1. The number of hydrogen-bond donors (Lipinski definition) is 1. The van der Waals surface area contributed by atoms with Gasteiger partial charge in [-0.15, -0.1) is 11.3 Å². The van der Waals surface area contributed by atoms with Crippen LogP contribution in [-0.2, 0) is 5.75 Å². The Morgan fingerprint density at radius 1 is 1.58 bits per heavy atom. The zero-order valence-electron chi connectivity index (χ0n) is 9.81. The standard InChI is InChI=1S/C12H9BrFNO2S2/c1-6-10(11(16)17)19-12(15-6)18-5-7-2-3-8(14)4-9(7)13/h2-4H,5H2,1H3,(H,16,17). The zero-order valence-corrected chi connectivity index (χ0v) is 13.0. The highest BCUT2D eigenvalue weighted by Gasteiger charge is 2.14. The summed E-state index contributed by atoms with van der Waals surface area (Å²) in [4.78, 5) is 15.4. The Morgan fingerprint density at radius 3 is 2.89 bits per heavy atom. The molecule has 0 aliphatic carbocycles. The molecule has 100 valence electrons. The first kappa shape index (κ1) is 14.5. The lowest BCUT2D eigenvalue weighted by Crippen LogP contribution is -1.94. The third-order valence-electron chi connectivity index (χ3n) is 2.34. The van der Waals surface area contributed by atoms with Gasteiger partial charge in [-0.1, -0.05) is 33.8 Å². The van der Waals surface area contributed by atoms with Gasteiger partial charge < -0.3 is 5.11 Å². The molecule has 0 aliphatic rings. The molecule has 1 aromatic heterocycles. The van der Waals surface area contributed by atoms with Crippen LogP contribution in [0.5, 0.6) is 0 Å². The van der Waals surface area contributed by atoms with Gasteiger partial charge in [-0.2, -0.15) is 0 Å². The Hall–Kier alpha value is -0.920. The zero-order chi connectivity index (χ0) is 14.0. The predicted molar refractivity (Wildman–Crippen MR) is 77.5 cm³/mol. The number of nitrogens with zero attached hydrogens (tertiary/aromatic N) is 1. The molecule has 0 amide bonds. The van der Waals surface area contributed by atoms with Crippen LogP contribution in [0.4, 0.5) is 4.39 Å². The number of hydrogen-bond acceptors (Lipinski definition) is 4. The summed E-state index contributed by atoms with van der Waals surface area (Å²) in [5.41, 5.74) is 1.47. The van der Waals surface area contributed by atoms with Crippen LogP contribution in [-0.4, -0.2) is 16.1 Å². The van der Waals surface area contributed by atoms with E-state index in [0.717, 1.165) is 16.9 Å². The van der Waals surface area contributed by atoms with Crippen LogP contribution in [0.15, 0.2) is 27.0 Å². The Balaban J connectivity index is 2.10. The lowest BCUT2D eigenvalue weighted by Gasteiger charge is -2.02. The molecule has 0 aliphatic heterocycles. The van der Waals surface area contributed by atoms with Crippen LogP contribution in [0, 0.1) is 12.7 Å². The molecule has 0 radical (unpaired) electrons. The minimum absolute atomic E-state index is 0.265. The first-order valence-electron chi connectivity index (χ1n) is 5.25. The fourth-order valence-electron chi connectivity index (χ4n) is 1.41. The van der Waals surface area contributed by atoms with E-state index in [1.165, 1.54) is 23.9 Å². The van der Waals surface area contributed by atoms with Crippen molar-refractivity contribution < 1.29 is 14.3 Å². The third-order valence-corrected chi connectivity index (χ3v) is 5.41. The van der Waals surface area contributed by atoms with Crippen LogP contribution in [0.1, 0.15) is 20.9 Å². The molecule has 7 heteroatoms. The van der Waals surface area contributed by atoms with Gasteiger partial charge >= 0.3 is 5.97 Å². The average molecular weight is 362 g/mol. The van der Waals surface area contributed by atoms with Gasteiger partial charge in [-0.3, -0.25) is 0 Å². The number of rotatable bonds is 4. The molecule has 0 bridgehead atoms. The molecule has 1 N–H and O–H groups in total. The van der Waals surface area contributed by atoms with Crippen LogP contribution in [0.25, 0.3) is 0 Å². The molecule has 0 saturated carbocycles. The monoisotopic (exact) mass is 361 g/mol. The van der Waals surface area contributed by atoms with Gasteiger partial charge in [0.1, 0.15) is 10.7 Å². The first-order valence-corrected chi connectivity index (χ1v) is 7.84. The van der Waals surface area contributed by atoms with E-state index in [1.807, 2.05) is 0 Å². The van der Waals surface area contributed by atoms with Gasteiger partial charge in [0.15, 0.2) is 4.34 Å². The van der Waals surface area contributed by atoms with Crippen molar-refractivity contribution in [3.05, 3.63) is 44.6 Å². The molecule has 3 nitrogen and oxygen atoms in total. The highest BCUT2D eigenvalue weighted by molar-refractivity contribution is 9.10. The molecular formula is C12H9BrFNO2S2. The SMILES string of the molecule is Cc1nc(SCc2ccc(F)cc2Br)sc1C(=O)O. The maximum atomic E-state index is 12.9. The number of carboxylic acids is 1. The molecule has 1 heterocycles. The Labute approximate surface area is 126 Å². The van der Waals surface area contributed by atoms with Crippen molar-refractivity contribution in [2.24, 2.45) is 0 Å². The lowest BCUT2D eigenvalue weighted by molar-refractivity contribution is 0.0701. The van der Waals surface area contributed by atoms with Crippen LogP contribution < -0.4 is 0 Å². The molecular weight excluding hydrogens is 353 g/mol. The molecule has 0 unspecified atom stereocenters. The summed E-state index contributed by atoms with van der Waals surface area (Å²) in [6, 6.07) is 4.51. The van der Waals surface area contributed by atoms with Gasteiger partial charge in [0, 0.05) is 10.2 Å². The number of aromatic carboxylic acids is 1. The topological polar surface area (TPSA) is 50.2 Å². The molecule has 0 atom stereocenters. The van der Waals surface area contributed by atoms with Crippen LogP contribution in [0.3, 0.4) is 0 Å². The molecule has 1 aromatic carbocycles. The minimum atomic E-state index is -0.954. The van der Waals surface area contributed by atoms with Crippen molar-refractivity contribution in [2.75, 3.05) is 0 Å². The van der Waals surface area contributed by atoms with E-state index in [0.29, 0.717) is 20.3 Å². The Bertz CT molecular complexity index is 630. The van der Waals surface area contributed by atoms with Crippen LogP contribution in [0.2, 0.25) is 0 Å². The van der Waals surface area contributed by atoms with Gasteiger partial charge in [0.2, 0.25) is 0 Å². The molecule has 0 fully saturated rings. The number of aryl methyl sites for hydroxylation is 1. The normalized spacial score (nSPS) is 10.7. The van der Waals surface area contributed by atoms with E-state index >= 15 is 0 Å². The smallest absolute Gasteiger partial charge is 0.347 e. The number of aromatic nitrogens is 1. The van der Waals surface area contributed by atoms with Crippen molar-refractivity contribution >= 4 is 45.0 Å². The summed E-state index contributed by atoms with van der Waals surface area (Å²) in [5, 5.41) is 8.95. The maximum Gasteiger partial charge on any atom is 0.347 e. The molecule has 2 rings (SSSR count). The van der Waals surface area contributed by atoms with Gasteiger partial charge in [0.25, 0.3) is 0 Å². The van der Waals surface area contributed by atoms with Crippen molar-refractivity contribution in [1.29, 1.82) is 0 Å². The van der Waals surface area contributed by atoms with Gasteiger partial charge in [0.05, 0.1) is 5.69 Å². The van der Waals surface area contributed by atoms with Crippen molar-refractivity contribution in [3.63, 3.8) is 0 Å². The lowest BCUT2D eigenvalue weighted by atomic mass is 10.2. The van der Waals surface area contributed by atoms with Crippen molar-refractivity contribution in [1.82, 2.24) is 4.98 Å². The number of thioether (sulfide) groups is 1. The van der Waals surface area contributed by atoms with E-state index in [1.54, 1.807) is 13.0 Å². The Kier molecular flexibility index (Phi) is 4.59. The summed E-state index contributed by atoms with van der Waals surface area (Å²) >= 11 is 5.90. The summed E-state index contributed by atoms with van der Waals surface area (Å²) in [7, 11) is 0. The highest BCUT2D eigenvalue weighted by Crippen LogP contribution is 2.31. The van der Waals surface area contributed by atoms with E-state index in [2.05, 4.69) is 20.9 Å². The van der Waals surface area contributed by atoms with E-state index in [9.17, 15) is 9.18 Å². The number of carboxylic acid groups (broad SMARTS) is 1. The number of carbonyl (C=O) groups is 1. The highest BCUT2D eigenvalue weighted by atomic mass is 79.9. The van der Waals surface area contributed by atoms with Crippen molar-refractivity contribution in [3.8, 4) is 0 Å². The summed E-state index contributed by atoms with van der Waals surface area (Å²) in [6.45, 7) is 1.68. The second kappa shape index (κ2) is 6.02. The molecule has 0 spiro atoms. The molecule has 19 heavy (non-hydrogen) atoms. The number of halogens is 2. The maximum absolute atomic E-state index is 12.9.